The zero-order valence-electron chi connectivity index (χ0n) is 10.8. The van der Waals surface area contributed by atoms with E-state index in [2.05, 4.69) is 40.5 Å². The molecule has 1 aromatic carbocycles. The molecule has 0 radical (unpaired) electrons. The molecule has 3 heteroatoms. The van der Waals surface area contributed by atoms with Crippen LogP contribution in [0.4, 0.5) is 5.69 Å². The predicted molar refractivity (Wildman–Crippen MR) is 74.0 cm³/mol. The number of hydrogen-bond acceptors (Lipinski definition) is 3. The molecular weight excluding hydrogens is 224 g/mol. The Morgan fingerprint density at radius 2 is 1.78 bits per heavy atom. The summed E-state index contributed by atoms with van der Waals surface area (Å²) in [4.78, 5) is 2.49. The Kier molecular flexibility index (Phi) is 3.81. The van der Waals surface area contributed by atoms with E-state index < -0.39 is 0 Å². The number of anilines is 1. The van der Waals surface area contributed by atoms with E-state index in [4.69, 9.17) is 4.74 Å². The molecule has 98 valence electrons. The van der Waals surface area contributed by atoms with E-state index in [-0.39, 0.29) is 0 Å². The van der Waals surface area contributed by atoms with Gasteiger partial charge in [-0.3, -0.25) is 0 Å². The predicted octanol–water partition coefficient (Wildman–Crippen LogP) is 2.03. The quantitative estimate of drug-likeness (QED) is 0.883. The molecule has 1 atom stereocenters. The molecule has 2 aliphatic heterocycles. The first-order valence-electron chi connectivity index (χ1n) is 7.05. The van der Waals surface area contributed by atoms with Crippen LogP contribution >= 0.6 is 0 Å². The van der Waals surface area contributed by atoms with Crippen LogP contribution in [-0.2, 0) is 4.74 Å². The van der Waals surface area contributed by atoms with Gasteiger partial charge in [0.05, 0.1) is 6.61 Å². The van der Waals surface area contributed by atoms with Crippen LogP contribution < -0.4 is 10.2 Å². The third-order valence-electron chi connectivity index (χ3n) is 4.02. The van der Waals surface area contributed by atoms with Gasteiger partial charge >= 0.3 is 0 Å². The van der Waals surface area contributed by atoms with Crippen LogP contribution in [0.25, 0.3) is 0 Å². The smallest absolute Gasteiger partial charge is 0.0620 e. The van der Waals surface area contributed by atoms with Crippen molar-refractivity contribution in [3.05, 3.63) is 30.3 Å². The summed E-state index contributed by atoms with van der Waals surface area (Å²) in [6.45, 7) is 4.16. The van der Waals surface area contributed by atoms with E-state index in [1.165, 1.54) is 24.9 Å². The molecule has 0 aliphatic carbocycles. The molecule has 0 bridgehead atoms. The number of rotatable bonds is 3. The first kappa shape index (κ1) is 12.0. The fourth-order valence-electron chi connectivity index (χ4n) is 2.94. The van der Waals surface area contributed by atoms with Gasteiger partial charge in [-0.2, -0.15) is 0 Å². The molecule has 1 N–H and O–H groups in total. The zero-order chi connectivity index (χ0) is 12.2. The van der Waals surface area contributed by atoms with E-state index in [0.29, 0.717) is 12.1 Å². The minimum absolute atomic E-state index is 0.596. The molecule has 2 aliphatic rings. The maximum absolute atomic E-state index is 5.42. The van der Waals surface area contributed by atoms with Crippen LogP contribution in [0.2, 0.25) is 0 Å². The average molecular weight is 246 g/mol. The summed E-state index contributed by atoms with van der Waals surface area (Å²) in [5.41, 5.74) is 1.36. The van der Waals surface area contributed by atoms with Gasteiger partial charge in [-0.1, -0.05) is 18.2 Å². The number of nitrogens with one attached hydrogen (secondary N) is 1. The maximum Gasteiger partial charge on any atom is 0.0620 e. The Labute approximate surface area is 109 Å². The lowest BCUT2D eigenvalue weighted by Gasteiger charge is -2.35. The number of hydrogen-bond donors (Lipinski definition) is 1. The van der Waals surface area contributed by atoms with Gasteiger partial charge in [-0.25, -0.2) is 0 Å². The highest BCUT2D eigenvalue weighted by molar-refractivity contribution is 5.46. The van der Waals surface area contributed by atoms with E-state index in [9.17, 15) is 0 Å². The monoisotopic (exact) mass is 246 g/mol. The summed E-state index contributed by atoms with van der Waals surface area (Å²) in [6, 6.07) is 12.0. The summed E-state index contributed by atoms with van der Waals surface area (Å²) in [6.07, 6.45) is 3.66. The molecule has 3 nitrogen and oxygen atoms in total. The fourth-order valence-corrected chi connectivity index (χ4v) is 2.94. The number of piperidine rings is 1. The Morgan fingerprint density at radius 3 is 2.44 bits per heavy atom. The van der Waals surface area contributed by atoms with Crippen molar-refractivity contribution < 1.29 is 4.74 Å². The van der Waals surface area contributed by atoms with Crippen molar-refractivity contribution in [3.8, 4) is 0 Å². The molecule has 3 rings (SSSR count). The summed E-state index contributed by atoms with van der Waals surface area (Å²) in [5.74, 6) is 0. The molecule has 2 saturated heterocycles. The van der Waals surface area contributed by atoms with Crippen LogP contribution in [0.5, 0.6) is 0 Å². The van der Waals surface area contributed by atoms with E-state index >= 15 is 0 Å². The highest BCUT2D eigenvalue weighted by Crippen LogP contribution is 2.20. The van der Waals surface area contributed by atoms with Crippen molar-refractivity contribution in [3.63, 3.8) is 0 Å². The first-order valence-corrected chi connectivity index (χ1v) is 7.05. The second-order valence-electron chi connectivity index (χ2n) is 5.32. The molecule has 1 aromatic rings. The van der Waals surface area contributed by atoms with Gasteiger partial charge in [-0.15, -0.1) is 0 Å². The normalized spacial score (nSPS) is 25.6. The van der Waals surface area contributed by atoms with Gasteiger partial charge in [0.2, 0.25) is 0 Å². The molecular formula is C15H22N2O. The minimum Gasteiger partial charge on any atom is -0.380 e. The fraction of sp³-hybridized carbons (Fsp3) is 0.600. The van der Waals surface area contributed by atoms with Crippen LogP contribution in [0.15, 0.2) is 30.3 Å². The van der Waals surface area contributed by atoms with Crippen LogP contribution in [0.3, 0.4) is 0 Å². The van der Waals surface area contributed by atoms with Crippen molar-refractivity contribution >= 4 is 5.69 Å². The lowest BCUT2D eigenvalue weighted by Crippen LogP contribution is -2.46. The van der Waals surface area contributed by atoms with Crippen LogP contribution in [0, 0.1) is 0 Å². The average Bonchev–Trinajstić information content (AvgIpc) is 2.94. The van der Waals surface area contributed by atoms with Crippen molar-refractivity contribution in [2.45, 2.75) is 31.3 Å². The maximum atomic E-state index is 5.42. The highest BCUT2D eigenvalue weighted by Gasteiger charge is 2.23. The van der Waals surface area contributed by atoms with Gasteiger partial charge in [0.1, 0.15) is 0 Å². The summed E-state index contributed by atoms with van der Waals surface area (Å²) in [7, 11) is 0. The zero-order valence-corrected chi connectivity index (χ0v) is 10.8. The minimum atomic E-state index is 0.596. The molecule has 0 aromatic heterocycles. The Balaban J connectivity index is 1.49. The van der Waals surface area contributed by atoms with E-state index in [0.717, 1.165) is 26.3 Å². The lowest BCUT2D eigenvalue weighted by atomic mass is 10.0. The molecule has 18 heavy (non-hydrogen) atoms. The van der Waals surface area contributed by atoms with Crippen molar-refractivity contribution in [2.24, 2.45) is 0 Å². The molecule has 0 saturated carbocycles. The van der Waals surface area contributed by atoms with Crippen molar-refractivity contribution in [1.29, 1.82) is 0 Å². The SMILES string of the molecule is c1ccc(N2CCC(NC3CCOC3)CC2)cc1. The third-order valence-corrected chi connectivity index (χ3v) is 4.02. The largest absolute Gasteiger partial charge is 0.380 e. The first-order chi connectivity index (χ1) is 8.92. The van der Waals surface area contributed by atoms with Crippen molar-refractivity contribution in [2.75, 3.05) is 31.2 Å². The van der Waals surface area contributed by atoms with Crippen molar-refractivity contribution in [1.82, 2.24) is 5.32 Å². The molecule has 0 amide bonds. The topological polar surface area (TPSA) is 24.5 Å². The Morgan fingerprint density at radius 1 is 1.00 bits per heavy atom. The number of ether oxygens (including phenoxy) is 1. The standard InChI is InChI=1S/C15H22N2O/c1-2-4-15(5-3-1)17-9-6-13(7-10-17)16-14-8-11-18-12-14/h1-5,13-14,16H,6-12H2. The lowest BCUT2D eigenvalue weighted by molar-refractivity contribution is 0.186. The Bertz CT molecular complexity index is 354. The second kappa shape index (κ2) is 5.72. The summed E-state index contributed by atoms with van der Waals surface area (Å²) in [5, 5.41) is 3.74. The third kappa shape index (κ3) is 2.85. The van der Waals surface area contributed by atoms with Gasteiger partial charge in [-0.05, 0) is 31.4 Å². The van der Waals surface area contributed by atoms with Gasteiger partial charge in [0.25, 0.3) is 0 Å². The molecule has 1 unspecified atom stereocenters. The van der Waals surface area contributed by atoms with Gasteiger partial charge in [0.15, 0.2) is 0 Å². The van der Waals surface area contributed by atoms with E-state index in [1.54, 1.807) is 0 Å². The highest BCUT2D eigenvalue weighted by atomic mass is 16.5. The van der Waals surface area contributed by atoms with Gasteiger partial charge in [0, 0.05) is 37.5 Å². The molecule has 2 heterocycles. The Hall–Kier alpha value is -1.06. The van der Waals surface area contributed by atoms with Crippen LogP contribution in [-0.4, -0.2) is 38.4 Å². The number of para-hydroxylation sites is 1. The molecule has 0 spiro atoms. The number of benzene rings is 1. The van der Waals surface area contributed by atoms with Crippen LogP contribution in [0.1, 0.15) is 19.3 Å². The number of nitrogens with zero attached hydrogens (tertiary/aromatic N) is 1. The second-order valence-corrected chi connectivity index (χ2v) is 5.32. The summed E-state index contributed by atoms with van der Waals surface area (Å²) < 4.78 is 5.42. The summed E-state index contributed by atoms with van der Waals surface area (Å²) >= 11 is 0. The van der Waals surface area contributed by atoms with Gasteiger partial charge < -0.3 is 15.0 Å². The molecule has 2 fully saturated rings. The van der Waals surface area contributed by atoms with E-state index in [1.807, 2.05) is 0 Å².